The molecule has 1 saturated carbocycles. The highest BCUT2D eigenvalue weighted by molar-refractivity contribution is 5.25. The maximum atomic E-state index is 13.5. The molecule has 146 valence electrons. The fourth-order valence-electron chi connectivity index (χ4n) is 4.55. The Morgan fingerprint density at radius 2 is 1.67 bits per heavy atom. The van der Waals surface area contributed by atoms with E-state index >= 15 is 0 Å². The number of tetrazole rings is 1. The summed E-state index contributed by atoms with van der Waals surface area (Å²) in [6, 6.07) is 7.68. The van der Waals surface area contributed by atoms with E-state index in [1.54, 1.807) is 0 Å². The number of rotatable bonds is 5. The highest BCUT2D eigenvalue weighted by Crippen LogP contribution is 2.31. The van der Waals surface area contributed by atoms with Gasteiger partial charge < -0.3 is 0 Å². The molecule has 2 fully saturated rings. The molecule has 1 aliphatic carbocycles. The third-order valence-electron chi connectivity index (χ3n) is 5.99. The van der Waals surface area contributed by atoms with Crippen molar-refractivity contribution >= 4 is 0 Å². The third-order valence-corrected chi connectivity index (χ3v) is 5.99. The van der Waals surface area contributed by atoms with E-state index in [-0.39, 0.29) is 17.9 Å². The van der Waals surface area contributed by atoms with Gasteiger partial charge in [-0.3, -0.25) is 9.80 Å². The molecule has 1 aliphatic heterocycles. The molecule has 2 aliphatic rings. The Labute approximate surface area is 160 Å². The lowest BCUT2D eigenvalue weighted by Gasteiger charge is -2.41. The maximum Gasteiger partial charge on any atom is 0.173 e. The Kier molecular flexibility index (Phi) is 5.50. The van der Waals surface area contributed by atoms with Crippen molar-refractivity contribution in [2.45, 2.75) is 57.7 Å². The van der Waals surface area contributed by atoms with E-state index in [0.29, 0.717) is 0 Å². The number of nitrogens with zero attached hydrogens (tertiary/aromatic N) is 6. The first-order valence-corrected chi connectivity index (χ1v) is 10.1. The summed E-state index contributed by atoms with van der Waals surface area (Å²) in [6.45, 7) is 8.27. The van der Waals surface area contributed by atoms with Gasteiger partial charge in [0, 0.05) is 32.2 Å². The van der Waals surface area contributed by atoms with Crippen LogP contribution in [0.5, 0.6) is 0 Å². The minimum absolute atomic E-state index is 0.0475. The number of benzene rings is 1. The van der Waals surface area contributed by atoms with Gasteiger partial charge in [-0.2, -0.15) is 0 Å². The van der Waals surface area contributed by atoms with Gasteiger partial charge in [0.1, 0.15) is 5.82 Å². The lowest BCUT2D eigenvalue weighted by molar-refractivity contribution is 0.0766. The van der Waals surface area contributed by atoms with Crippen LogP contribution in [0, 0.1) is 5.82 Å². The van der Waals surface area contributed by atoms with Crippen LogP contribution in [0.15, 0.2) is 24.3 Å². The summed E-state index contributed by atoms with van der Waals surface area (Å²) in [5.74, 6) is 0.623. The SMILES string of the molecule is CC(C)n1nnnc1[C@H](c1ccc(F)cc1)N1CCN(C2CCCC2)CC1. The van der Waals surface area contributed by atoms with Gasteiger partial charge in [-0.05, 0) is 54.8 Å². The molecule has 0 bridgehead atoms. The molecule has 0 unspecified atom stereocenters. The van der Waals surface area contributed by atoms with Crippen molar-refractivity contribution < 1.29 is 4.39 Å². The quantitative estimate of drug-likeness (QED) is 0.807. The predicted molar refractivity (Wildman–Crippen MR) is 102 cm³/mol. The molecule has 27 heavy (non-hydrogen) atoms. The van der Waals surface area contributed by atoms with Crippen LogP contribution in [-0.2, 0) is 0 Å². The van der Waals surface area contributed by atoms with Gasteiger partial charge in [0.25, 0.3) is 0 Å². The zero-order valence-electron chi connectivity index (χ0n) is 16.3. The number of hydrogen-bond acceptors (Lipinski definition) is 5. The van der Waals surface area contributed by atoms with Crippen molar-refractivity contribution in [1.82, 2.24) is 30.0 Å². The molecule has 0 spiro atoms. The summed E-state index contributed by atoms with van der Waals surface area (Å²) in [7, 11) is 0. The Bertz CT molecular complexity index is 729. The minimum Gasteiger partial charge on any atom is -0.298 e. The molecule has 1 aromatic carbocycles. The summed E-state index contributed by atoms with van der Waals surface area (Å²) in [5, 5.41) is 12.5. The average Bonchev–Trinajstić information content (AvgIpc) is 3.36. The standard InChI is InChI=1S/C20H29FN6/c1-15(2)27-20(22-23-24-27)19(16-7-9-17(21)10-8-16)26-13-11-25(12-14-26)18-5-3-4-6-18/h7-10,15,18-19H,3-6,11-14H2,1-2H3/t19-/m0/s1. The van der Waals surface area contributed by atoms with Gasteiger partial charge in [-0.1, -0.05) is 25.0 Å². The monoisotopic (exact) mass is 372 g/mol. The van der Waals surface area contributed by atoms with Crippen molar-refractivity contribution in [2.75, 3.05) is 26.2 Å². The van der Waals surface area contributed by atoms with E-state index in [1.165, 1.54) is 37.8 Å². The normalized spacial score (nSPS) is 21.2. The summed E-state index contributed by atoms with van der Waals surface area (Å²) in [6.07, 6.45) is 5.42. The molecule has 2 aromatic rings. The van der Waals surface area contributed by atoms with Gasteiger partial charge in [0.2, 0.25) is 0 Å². The second-order valence-electron chi connectivity index (χ2n) is 8.04. The van der Waals surface area contributed by atoms with Gasteiger partial charge in [-0.25, -0.2) is 9.07 Å². The fraction of sp³-hybridized carbons (Fsp3) is 0.650. The van der Waals surface area contributed by atoms with E-state index in [2.05, 4.69) is 39.2 Å². The van der Waals surface area contributed by atoms with Crippen molar-refractivity contribution in [2.24, 2.45) is 0 Å². The molecule has 7 heteroatoms. The summed E-state index contributed by atoms with van der Waals surface area (Å²) in [4.78, 5) is 5.10. The van der Waals surface area contributed by atoms with Crippen molar-refractivity contribution in [3.05, 3.63) is 41.5 Å². The van der Waals surface area contributed by atoms with Crippen LogP contribution in [0.25, 0.3) is 0 Å². The molecule has 0 N–H and O–H groups in total. The second kappa shape index (κ2) is 8.02. The number of hydrogen-bond donors (Lipinski definition) is 0. The van der Waals surface area contributed by atoms with E-state index in [9.17, 15) is 4.39 Å². The second-order valence-corrected chi connectivity index (χ2v) is 8.04. The van der Waals surface area contributed by atoms with Crippen LogP contribution in [0.2, 0.25) is 0 Å². The molecule has 1 saturated heterocycles. The Balaban J connectivity index is 1.58. The van der Waals surface area contributed by atoms with Gasteiger partial charge in [0.15, 0.2) is 5.82 Å². The first kappa shape index (κ1) is 18.5. The van der Waals surface area contributed by atoms with Crippen LogP contribution < -0.4 is 0 Å². The van der Waals surface area contributed by atoms with E-state index in [1.807, 2.05) is 16.8 Å². The van der Waals surface area contributed by atoms with Gasteiger partial charge >= 0.3 is 0 Å². The number of halogens is 1. The first-order valence-electron chi connectivity index (χ1n) is 10.1. The largest absolute Gasteiger partial charge is 0.298 e. The van der Waals surface area contributed by atoms with E-state index in [0.717, 1.165) is 43.6 Å². The van der Waals surface area contributed by atoms with E-state index in [4.69, 9.17) is 0 Å². The molecule has 6 nitrogen and oxygen atoms in total. The highest BCUT2D eigenvalue weighted by Gasteiger charge is 2.33. The summed E-state index contributed by atoms with van der Waals surface area (Å²) >= 11 is 0. The zero-order valence-corrected chi connectivity index (χ0v) is 16.3. The molecular weight excluding hydrogens is 343 g/mol. The van der Waals surface area contributed by atoms with Crippen LogP contribution >= 0.6 is 0 Å². The Morgan fingerprint density at radius 3 is 2.30 bits per heavy atom. The minimum atomic E-state index is -0.216. The molecular formula is C20H29FN6. The van der Waals surface area contributed by atoms with Crippen LogP contribution in [-0.4, -0.2) is 62.2 Å². The van der Waals surface area contributed by atoms with Gasteiger partial charge in [0.05, 0.1) is 12.1 Å². The van der Waals surface area contributed by atoms with E-state index < -0.39 is 0 Å². The molecule has 1 atom stereocenters. The smallest absolute Gasteiger partial charge is 0.173 e. The number of piperazine rings is 1. The predicted octanol–water partition coefficient (Wildman–Crippen LogP) is 3.04. The lowest BCUT2D eigenvalue weighted by atomic mass is 10.0. The van der Waals surface area contributed by atoms with Crippen LogP contribution in [0.3, 0.4) is 0 Å². The van der Waals surface area contributed by atoms with Crippen molar-refractivity contribution in [3.8, 4) is 0 Å². The topological polar surface area (TPSA) is 50.1 Å². The van der Waals surface area contributed by atoms with Crippen LogP contribution in [0.1, 0.15) is 63.0 Å². The lowest BCUT2D eigenvalue weighted by Crippen LogP contribution is -2.51. The molecule has 4 rings (SSSR count). The fourth-order valence-corrected chi connectivity index (χ4v) is 4.55. The molecule has 1 aromatic heterocycles. The van der Waals surface area contributed by atoms with Gasteiger partial charge in [-0.15, -0.1) is 5.10 Å². The third kappa shape index (κ3) is 3.89. The summed E-state index contributed by atoms with van der Waals surface area (Å²) < 4.78 is 15.4. The average molecular weight is 372 g/mol. The maximum absolute atomic E-state index is 13.5. The van der Waals surface area contributed by atoms with Crippen LogP contribution in [0.4, 0.5) is 4.39 Å². The number of aromatic nitrogens is 4. The molecule has 0 amide bonds. The summed E-state index contributed by atoms with van der Waals surface area (Å²) in [5.41, 5.74) is 1.04. The Hall–Kier alpha value is -1.86. The highest BCUT2D eigenvalue weighted by atomic mass is 19.1. The van der Waals surface area contributed by atoms with Crippen molar-refractivity contribution in [3.63, 3.8) is 0 Å². The molecule has 0 radical (unpaired) electrons. The Morgan fingerprint density at radius 1 is 1.00 bits per heavy atom. The van der Waals surface area contributed by atoms with Crippen molar-refractivity contribution in [1.29, 1.82) is 0 Å². The zero-order chi connectivity index (χ0) is 18.8. The molecule has 2 heterocycles. The first-order chi connectivity index (χ1) is 13.1.